The van der Waals surface area contributed by atoms with Crippen LogP contribution in [0.2, 0.25) is 0 Å². The van der Waals surface area contributed by atoms with Crippen LogP contribution in [-0.4, -0.2) is 43.6 Å². The highest BCUT2D eigenvalue weighted by molar-refractivity contribution is 14.0. The van der Waals surface area contributed by atoms with Gasteiger partial charge in [-0.2, -0.15) is 0 Å². The monoisotopic (exact) mass is 547 g/mol. The van der Waals surface area contributed by atoms with Gasteiger partial charge in [0.25, 0.3) is 5.91 Å². The van der Waals surface area contributed by atoms with Crippen LogP contribution < -0.4 is 20.3 Å². The lowest BCUT2D eigenvalue weighted by atomic mass is 10.2. The van der Waals surface area contributed by atoms with Crippen molar-refractivity contribution in [3.63, 3.8) is 0 Å². The van der Waals surface area contributed by atoms with E-state index in [1.54, 1.807) is 18.2 Å². The van der Waals surface area contributed by atoms with Gasteiger partial charge in [0.1, 0.15) is 12.0 Å². The van der Waals surface area contributed by atoms with Gasteiger partial charge >= 0.3 is 0 Å². The molecule has 0 radical (unpaired) electrons. The number of hydrogen-bond donors (Lipinski definition) is 2. The van der Waals surface area contributed by atoms with E-state index in [0.29, 0.717) is 31.5 Å². The lowest BCUT2D eigenvalue weighted by molar-refractivity contribution is -0.121. The van der Waals surface area contributed by atoms with Gasteiger partial charge in [0.2, 0.25) is 5.89 Å². The molecule has 4 rings (SSSR count). The molecule has 0 saturated heterocycles. The van der Waals surface area contributed by atoms with Crippen molar-refractivity contribution in [2.45, 2.75) is 13.0 Å². The zero-order valence-corrected chi connectivity index (χ0v) is 20.1. The minimum absolute atomic E-state index is 0. The fraction of sp³-hybridized carbons (Fsp3) is 0.261. The summed E-state index contributed by atoms with van der Waals surface area (Å²) in [6.45, 7) is 1.84. The van der Waals surface area contributed by atoms with E-state index in [1.807, 2.05) is 54.6 Å². The topological polar surface area (TPSA) is 92.0 Å². The van der Waals surface area contributed by atoms with E-state index in [-0.39, 0.29) is 36.5 Å². The number of aromatic nitrogens is 1. The standard InChI is InChI=1S/C23H25N5O3.HI/c1-24-23(26-14-18-15-31-22(27-18)17-8-3-2-4-9-17)25-12-7-13-28-19-10-5-6-11-20(19)30-16-21(28)29;/h2-6,8-11,15H,7,12-14,16H2,1H3,(H2,24,25,26);1H. The summed E-state index contributed by atoms with van der Waals surface area (Å²) in [5, 5.41) is 6.50. The predicted octanol–water partition coefficient (Wildman–Crippen LogP) is 3.44. The third kappa shape index (κ3) is 5.78. The Hall–Kier alpha value is -3.08. The number of benzene rings is 2. The molecule has 0 bridgehead atoms. The lowest BCUT2D eigenvalue weighted by Crippen LogP contribution is -2.42. The molecule has 3 aromatic rings. The third-order valence-electron chi connectivity index (χ3n) is 4.89. The maximum absolute atomic E-state index is 12.2. The van der Waals surface area contributed by atoms with Crippen LogP contribution in [0.3, 0.4) is 0 Å². The smallest absolute Gasteiger partial charge is 0.265 e. The molecular formula is C23H26IN5O3. The quantitative estimate of drug-likeness (QED) is 0.204. The summed E-state index contributed by atoms with van der Waals surface area (Å²) in [6.07, 6.45) is 2.41. The maximum Gasteiger partial charge on any atom is 0.265 e. The number of amides is 1. The maximum atomic E-state index is 12.2. The first kappa shape index (κ1) is 23.6. The second-order valence-corrected chi connectivity index (χ2v) is 7.02. The van der Waals surface area contributed by atoms with Crippen molar-refractivity contribution in [2.24, 2.45) is 4.99 Å². The van der Waals surface area contributed by atoms with E-state index in [1.165, 1.54) is 0 Å². The summed E-state index contributed by atoms with van der Waals surface area (Å²) in [5.41, 5.74) is 2.55. The Balaban J connectivity index is 0.00000289. The number of halogens is 1. The van der Waals surface area contributed by atoms with Crippen LogP contribution in [0.5, 0.6) is 5.75 Å². The average molecular weight is 547 g/mol. The molecule has 0 spiro atoms. The van der Waals surface area contributed by atoms with Gasteiger partial charge in [-0.3, -0.25) is 9.79 Å². The molecule has 1 aliphatic rings. The van der Waals surface area contributed by atoms with Crippen molar-refractivity contribution in [1.82, 2.24) is 15.6 Å². The summed E-state index contributed by atoms with van der Waals surface area (Å²) in [6, 6.07) is 17.4. The van der Waals surface area contributed by atoms with Gasteiger partial charge in [-0.15, -0.1) is 24.0 Å². The highest BCUT2D eigenvalue weighted by Gasteiger charge is 2.24. The lowest BCUT2D eigenvalue weighted by Gasteiger charge is -2.29. The molecule has 0 aliphatic carbocycles. The summed E-state index contributed by atoms with van der Waals surface area (Å²) in [4.78, 5) is 22.8. The van der Waals surface area contributed by atoms with Crippen molar-refractivity contribution in [3.8, 4) is 17.2 Å². The Bertz CT molecular complexity index is 1050. The third-order valence-corrected chi connectivity index (χ3v) is 4.89. The van der Waals surface area contributed by atoms with Gasteiger partial charge in [-0.05, 0) is 30.7 Å². The fourth-order valence-corrected chi connectivity index (χ4v) is 3.34. The van der Waals surface area contributed by atoms with E-state index in [9.17, 15) is 4.79 Å². The number of oxazole rings is 1. The number of carbonyl (C=O) groups excluding carboxylic acids is 1. The Morgan fingerprint density at radius 1 is 1.12 bits per heavy atom. The summed E-state index contributed by atoms with van der Waals surface area (Å²) in [5.74, 6) is 1.98. The number of para-hydroxylation sites is 2. The van der Waals surface area contributed by atoms with Crippen LogP contribution in [0.4, 0.5) is 5.69 Å². The van der Waals surface area contributed by atoms with E-state index in [4.69, 9.17) is 9.15 Å². The molecule has 0 fully saturated rings. The van der Waals surface area contributed by atoms with Gasteiger partial charge in [-0.1, -0.05) is 30.3 Å². The first-order valence-electron chi connectivity index (χ1n) is 10.2. The molecule has 0 atom stereocenters. The minimum atomic E-state index is -0.0264. The number of carbonyl (C=O) groups is 1. The Labute approximate surface area is 204 Å². The average Bonchev–Trinajstić information content (AvgIpc) is 3.29. The summed E-state index contributed by atoms with van der Waals surface area (Å²) >= 11 is 0. The first-order valence-corrected chi connectivity index (χ1v) is 10.2. The molecule has 2 N–H and O–H groups in total. The Morgan fingerprint density at radius 3 is 2.72 bits per heavy atom. The highest BCUT2D eigenvalue weighted by atomic mass is 127. The summed E-state index contributed by atoms with van der Waals surface area (Å²) < 4.78 is 11.0. The van der Waals surface area contributed by atoms with Crippen LogP contribution in [-0.2, 0) is 11.3 Å². The molecule has 0 unspecified atom stereocenters. The molecule has 8 nitrogen and oxygen atoms in total. The number of nitrogens with one attached hydrogen (secondary N) is 2. The van der Waals surface area contributed by atoms with Crippen LogP contribution in [0.15, 0.2) is 70.3 Å². The number of guanidine groups is 1. The second-order valence-electron chi connectivity index (χ2n) is 7.02. The van der Waals surface area contributed by atoms with Crippen LogP contribution >= 0.6 is 24.0 Å². The number of nitrogens with zero attached hydrogens (tertiary/aromatic N) is 3. The van der Waals surface area contributed by atoms with Crippen molar-refractivity contribution in [3.05, 3.63) is 66.6 Å². The summed E-state index contributed by atoms with van der Waals surface area (Å²) in [7, 11) is 1.72. The number of ether oxygens (including phenoxy) is 1. The van der Waals surface area contributed by atoms with Gasteiger partial charge in [0.15, 0.2) is 12.6 Å². The largest absolute Gasteiger partial charge is 0.482 e. The minimum Gasteiger partial charge on any atom is -0.482 e. The van der Waals surface area contributed by atoms with Gasteiger partial charge < -0.3 is 24.7 Å². The number of aliphatic imine (C=N–C) groups is 1. The molecular weight excluding hydrogens is 521 g/mol. The van der Waals surface area contributed by atoms with E-state index >= 15 is 0 Å². The van der Waals surface area contributed by atoms with Crippen molar-refractivity contribution < 1.29 is 13.9 Å². The molecule has 2 heterocycles. The van der Waals surface area contributed by atoms with Crippen molar-refractivity contribution >= 4 is 41.5 Å². The van der Waals surface area contributed by atoms with Crippen LogP contribution in [0, 0.1) is 0 Å². The molecule has 2 aromatic carbocycles. The Kier molecular flexibility index (Phi) is 8.48. The first-order chi connectivity index (χ1) is 15.2. The predicted molar refractivity (Wildman–Crippen MR) is 134 cm³/mol. The zero-order chi connectivity index (χ0) is 21.5. The van der Waals surface area contributed by atoms with Gasteiger partial charge in [-0.25, -0.2) is 4.98 Å². The molecule has 32 heavy (non-hydrogen) atoms. The van der Waals surface area contributed by atoms with Crippen molar-refractivity contribution in [1.29, 1.82) is 0 Å². The highest BCUT2D eigenvalue weighted by Crippen LogP contribution is 2.31. The van der Waals surface area contributed by atoms with Crippen LogP contribution in [0.25, 0.3) is 11.5 Å². The number of rotatable bonds is 7. The van der Waals surface area contributed by atoms with E-state index < -0.39 is 0 Å². The molecule has 1 aliphatic heterocycles. The molecule has 9 heteroatoms. The van der Waals surface area contributed by atoms with Gasteiger partial charge in [0, 0.05) is 25.7 Å². The number of hydrogen-bond acceptors (Lipinski definition) is 5. The molecule has 1 aromatic heterocycles. The Morgan fingerprint density at radius 2 is 1.91 bits per heavy atom. The molecule has 0 saturated carbocycles. The zero-order valence-electron chi connectivity index (χ0n) is 17.8. The SMILES string of the molecule is CN=C(NCCCN1C(=O)COc2ccccc21)NCc1coc(-c2ccccc2)n1.I. The van der Waals surface area contributed by atoms with Crippen LogP contribution in [0.1, 0.15) is 12.1 Å². The van der Waals surface area contributed by atoms with E-state index in [2.05, 4.69) is 20.6 Å². The fourth-order valence-electron chi connectivity index (χ4n) is 3.34. The normalized spacial score (nSPS) is 13.1. The molecule has 1 amide bonds. The second kappa shape index (κ2) is 11.5. The van der Waals surface area contributed by atoms with Gasteiger partial charge in [0.05, 0.1) is 17.9 Å². The van der Waals surface area contributed by atoms with E-state index in [0.717, 1.165) is 29.1 Å². The van der Waals surface area contributed by atoms with Crippen molar-refractivity contribution in [2.75, 3.05) is 31.6 Å². The number of anilines is 1. The number of fused-ring (bicyclic) bond motifs is 1. The molecule has 168 valence electrons.